The summed E-state index contributed by atoms with van der Waals surface area (Å²) in [6.07, 6.45) is 4.51. The molecule has 0 atom stereocenters. The second kappa shape index (κ2) is 9.23. The van der Waals surface area contributed by atoms with Crippen molar-refractivity contribution in [3.05, 3.63) is 66.0 Å². The van der Waals surface area contributed by atoms with Gasteiger partial charge in [0.2, 0.25) is 0 Å². The number of benzene rings is 2. The van der Waals surface area contributed by atoms with E-state index in [-0.39, 0.29) is 11.9 Å². The molecule has 1 fully saturated rings. The first-order valence-corrected chi connectivity index (χ1v) is 10.8. The number of likely N-dealkylation sites (tertiary alicyclic amines) is 1. The molecule has 5 nitrogen and oxygen atoms in total. The van der Waals surface area contributed by atoms with Crippen LogP contribution < -0.4 is 0 Å². The fraction of sp³-hybridized carbons (Fsp3) is 0.417. The van der Waals surface area contributed by atoms with E-state index in [0.717, 1.165) is 42.5 Å². The lowest BCUT2D eigenvalue weighted by molar-refractivity contribution is 0.0538. The zero-order chi connectivity index (χ0) is 20.1. The monoisotopic (exact) mass is 390 g/mol. The minimum atomic E-state index is -0.00272. The summed E-state index contributed by atoms with van der Waals surface area (Å²) in [5, 5.41) is 0. The van der Waals surface area contributed by atoms with E-state index in [4.69, 9.17) is 0 Å². The second-order valence-corrected chi connectivity index (χ2v) is 7.95. The Kier molecular flexibility index (Phi) is 6.25. The number of nitrogens with one attached hydrogen (secondary N) is 1. The van der Waals surface area contributed by atoms with Gasteiger partial charge >= 0.3 is 0 Å². The van der Waals surface area contributed by atoms with Crippen LogP contribution in [0, 0.1) is 0 Å². The first-order chi connectivity index (χ1) is 14.2. The summed E-state index contributed by atoms with van der Waals surface area (Å²) in [5.41, 5.74) is 2.90. The Labute approximate surface area is 172 Å². The van der Waals surface area contributed by atoms with Crippen LogP contribution in [0.4, 0.5) is 0 Å². The number of carbonyl (C=O) groups excluding carboxylic acids is 1. The molecule has 0 spiro atoms. The standard InChI is InChI=1S/C24H30N4O/c1-2-3-15-27-16-13-20(14-17-27)28(18-19-9-5-4-6-10-19)24(29)23-25-21-11-7-8-12-22(21)26-23/h4-12,20H,2-3,13-18H2,1H3,(H,25,26). The summed E-state index contributed by atoms with van der Waals surface area (Å²) in [5.74, 6) is 0.438. The van der Waals surface area contributed by atoms with Crippen molar-refractivity contribution in [2.45, 2.75) is 45.2 Å². The van der Waals surface area contributed by atoms with Gasteiger partial charge in [-0.25, -0.2) is 4.98 Å². The fourth-order valence-electron chi connectivity index (χ4n) is 4.17. The third-order valence-electron chi connectivity index (χ3n) is 5.87. The molecular weight excluding hydrogens is 360 g/mol. The van der Waals surface area contributed by atoms with E-state index in [1.807, 2.05) is 47.4 Å². The maximum absolute atomic E-state index is 13.5. The van der Waals surface area contributed by atoms with E-state index in [2.05, 4.69) is 33.9 Å². The quantitative estimate of drug-likeness (QED) is 0.648. The molecule has 0 saturated carbocycles. The number of carbonyl (C=O) groups is 1. The number of fused-ring (bicyclic) bond motifs is 1. The Hall–Kier alpha value is -2.66. The van der Waals surface area contributed by atoms with Gasteiger partial charge in [-0.15, -0.1) is 0 Å². The first kappa shape index (κ1) is 19.6. The number of rotatable bonds is 7. The predicted molar refractivity (Wildman–Crippen MR) is 117 cm³/mol. The number of unbranched alkanes of at least 4 members (excludes halogenated alkanes) is 1. The summed E-state index contributed by atoms with van der Waals surface area (Å²) in [6, 6.07) is 18.3. The summed E-state index contributed by atoms with van der Waals surface area (Å²) in [7, 11) is 0. The molecule has 1 aliphatic heterocycles. The highest BCUT2D eigenvalue weighted by Crippen LogP contribution is 2.22. The van der Waals surface area contributed by atoms with Crippen LogP contribution in [0.5, 0.6) is 0 Å². The Morgan fingerprint density at radius 2 is 1.83 bits per heavy atom. The summed E-state index contributed by atoms with van der Waals surface area (Å²) < 4.78 is 0. The minimum absolute atomic E-state index is 0.00272. The lowest BCUT2D eigenvalue weighted by Gasteiger charge is -2.38. The maximum atomic E-state index is 13.5. The summed E-state index contributed by atoms with van der Waals surface area (Å²) in [6.45, 7) is 6.14. The van der Waals surface area contributed by atoms with Gasteiger partial charge in [0, 0.05) is 25.7 Å². The molecule has 4 rings (SSSR count). The molecule has 2 aromatic carbocycles. The zero-order valence-corrected chi connectivity index (χ0v) is 17.2. The van der Waals surface area contributed by atoms with E-state index < -0.39 is 0 Å². The lowest BCUT2D eigenvalue weighted by Crippen LogP contribution is -2.47. The number of aromatic nitrogens is 2. The molecule has 29 heavy (non-hydrogen) atoms. The topological polar surface area (TPSA) is 52.2 Å². The third-order valence-corrected chi connectivity index (χ3v) is 5.87. The van der Waals surface area contributed by atoms with Crippen LogP contribution in [0.3, 0.4) is 0 Å². The summed E-state index contributed by atoms with van der Waals surface area (Å²) >= 11 is 0. The van der Waals surface area contributed by atoms with Crippen molar-refractivity contribution in [1.29, 1.82) is 0 Å². The molecule has 0 unspecified atom stereocenters. The van der Waals surface area contributed by atoms with Crippen LogP contribution in [0.2, 0.25) is 0 Å². The molecule has 0 bridgehead atoms. The molecule has 0 aliphatic carbocycles. The minimum Gasteiger partial charge on any atom is -0.334 e. The van der Waals surface area contributed by atoms with Gasteiger partial charge in [0.1, 0.15) is 0 Å². The van der Waals surface area contributed by atoms with Crippen LogP contribution >= 0.6 is 0 Å². The lowest BCUT2D eigenvalue weighted by atomic mass is 10.0. The van der Waals surface area contributed by atoms with Crippen molar-refractivity contribution in [1.82, 2.24) is 19.8 Å². The normalized spacial score (nSPS) is 15.6. The number of aromatic amines is 1. The number of imidazole rings is 1. The molecule has 1 saturated heterocycles. The van der Waals surface area contributed by atoms with Crippen LogP contribution in [0.25, 0.3) is 11.0 Å². The van der Waals surface area contributed by atoms with E-state index in [1.165, 1.54) is 19.4 Å². The highest BCUT2D eigenvalue weighted by molar-refractivity contribution is 5.94. The van der Waals surface area contributed by atoms with Gasteiger partial charge in [-0.3, -0.25) is 4.79 Å². The van der Waals surface area contributed by atoms with E-state index in [0.29, 0.717) is 12.4 Å². The molecule has 1 aliphatic rings. The number of piperidine rings is 1. The average Bonchev–Trinajstić information content (AvgIpc) is 3.21. The summed E-state index contributed by atoms with van der Waals surface area (Å²) in [4.78, 5) is 25.8. The SMILES string of the molecule is CCCCN1CCC(N(Cc2ccccc2)C(=O)c2nc3ccccc3[nH]2)CC1. The third kappa shape index (κ3) is 4.67. The van der Waals surface area contributed by atoms with Crippen molar-refractivity contribution >= 4 is 16.9 Å². The number of para-hydroxylation sites is 2. The van der Waals surface area contributed by atoms with E-state index in [1.54, 1.807) is 0 Å². The fourth-order valence-corrected chi connectivity index (χ4v) is 4.17. The molecule has 3 aromatic rings. The average molecular weight is 391 g/mol. The maximum Gasteiger partial charge on any atom is 0.290 e. The van der Waals surface area contributed by atoms with Crippen LogP contribution in [0.15, 0.2) is 54.6 Å². The van der Waals surface area contributed by atoms with Crippen molar-refractivity contribution < 1.29 is 4.79 Å². The highest BCUT2D eigenvalue weighted by Gasteiger charge is 2.30. The number of hydrogen-bond donors (Lipinski definition) is 1. The van der Waals surface area contributed by atoms with Crippen LogP contribution in [-0.4, -0.2) is 51.4 Å². The Balaban J connectivity index is 1.54. The molecule has 0 radical (unpaired) electrons. The number of nitrogens with zero attached hydrogens (tertiary/aromatic N) is 3. The van der Waals surface area contributed by atoms with Gasteiger partial charge in [0.25, 0.3) is 5.91 Å². The molecular formula is C24H30N4O. The highest BCUT2D eigenvalue weighted by atomic mass is 16.2. The van der Waals surface area contributed by atoms with Crippen LogP contribution in [-0.2, 0) is 6.54 Å². The van der Waals surface area contributed by atoms with Gasteiger partial charge in [0.15, 0.2) is 5.82 Å². The largest absolute Gasteiger partial charge is 0.334 e. The van der Waals surface area contributed by atoms with E-state index >= 15 is 0 Å². The van der Waals surface area contributed by atoms with Gasteiger partial charge < -0.3 is 14.8 Å². The van der Waals surface area contributed by atoms with Crippen LogP contribution in [0.1, 0.15) is 48.8 Å². The van der Waals surface area contributed by atoms with Crippen molar-refractivity contribution in [3.8, 4) is 0 Å². The smallest absolute Gasteiger partial charge is 0.290 e. The molecule has 1 aromatic heterocycles. The predicted octanol–water partition coefficient (Wildman–Crippen LogP) is 4.47. The van der Waals surface area contributed by atoms with Crippen molar-refractivity contribution in [3.63, 3.8) is 0 Å². The van der Waals surface area contributed by atoms with Gasteiger partial charge in [0.05, 0.1) is 11.0 Å². The molecule has 1 amide bonds. The molecule has 2 heterocycles. The molecule has 5 heteroatoms. The Morgan fingerprint density at radius 3 is 2.55 bits per heavy atom. The first-order valence-electron chi connectivity index (χ1n) is 10.8. The van der Waals surface area contributed by atoms with Gasteiger partial charge in [-0.1, -0.05) is 55.8 Å². The van der Waals surface area contributed by atoms with Gasteiger partial charge in [-0.2, -0.15) is 0 Å². The Morgan fingerprint density at radius 1 is 1.10 bits per heavy atom. The van der Waals surface area contributed by atoms with Gasteiger partial charge in [-0.05, 0) is 43.5 Å². The Bertz CT molecular complexity index is 895. The number of amides is 1. The number of hydrogen-bond acceptors (Lipinski definition) is 3. The van der Waals surface area contributed by atoms with E-state index in [9.17, 15) is 4.79 Å². The molecule has 152 valence electrons. The second-order valence-electron chi connectivity index (χ2n) is 7.95. The van der Waals surface area contributed by atoms with Crippen molar-refractivity contribution in [2.75, 3.05) is 19.6 Å². The molecule has 1 N–H and O–H groups in total. The number of H-pyrrole nitrogens is 1. The van der Waals surface area contributed by atoms with Crippen molar-refractivity contribution in [2.24, 2.45) is 0 Å². The zero-order valence-electron chi connectivity index (χ0n) is 17.2.